The largest absolute Gasteiger partial charge is 0.324 e. The van der Waals surface area contributed by atoms with Gasteiger partial charge in [-0.1, -0.05) is 0 Å². The van der Waals surface area contributed by atoms with E-state index in [2.05, 4.69) is 10.1 Å². The van der Waals surface area contributed by atoms with E-state index in [1.807, 2.05) is 19.1 Å². The molecule has 7 heteroatoms. The van der Waals surface area contributed by atoms with E-state index in [-0.39, 0.29) is 0 Å². The van der Waals surface area contributed by atoms with Crippen molar-refractivity contribution in [3.05, 3.63) is 45.1 Å². The molecule has 0 unspecified atom stereocenters. The lowest BCUT2D eigenvalue weighted by Crippen LogP contribution is -2.24. The van der Waals surface area contributed by atoms with Crippen molar-refractivity contribution in [3.8, 4) is 0 Å². The lowest BCUT2D eigenvalue weighted by atomic mass is 10.1. The molecular formula is C14H19N3O2S2. The van der Waals surface area contributed by atoms with Crippen LogP contribution in [0, 0.1) is 20.8 Å². The number of aryl methyl sites for hydroxylation is 3. The van der Waals surface area contributed by atoms with Crippen LogP contribution in [0.1, 0.15) is 20.9 Å². The van der Waals surface area contributed by atoms with Crippen molar-refractivity contribution in [2.45, 2.75) is 32.2 Å². The highest BCUT2D eigenvalue weighted by Crippen LogP contribution is 2.24. The third-order valence-corrected chi connectivity index (χ3v) is 5.83. The molecule has 0 atom stereocenters. The van der Waals surface area contributed by atoms with Gasteiger partial charge in [0.1, 0.15) is 0 Å². The maximum absolute atomic E-state index is 12.5. The molecule has 0 saturated heterocycles. The minimum atomic E-state index is -3.55. The summed E-state index contributed by atoms with van der Waals surface area (Å²) in [6.07, 6.45) is 0. The summed E-state index contributed by atoms with van der Waals surface area (Å²) >= 11 is 1.58. The first-order valence-corrected chi connectivity index (χ1v) is 8.76. The summed E-state index contributed by atoms with van der Waals surface area (Å²) < 4.78 is 27.6. The quantitative estimate of drug-likeness (QED) is 0.582. The maximum Gasteiger partial charge on any atom is 0.241 e. The van der Waals surface area contributed by atoms with Crippen LogP contribution >= 0.6 is 11.3 Å². The van der Waals surface area contributed by atoms with Gasteiger partial charge in [-0.25, -0.2) is 13.1 Å². The van der Waals surface area contributed by atoms with E-state index in [1.165, 1.54) is 0 Å². The molecule has 2 rings (SSSR count). The fraction of sp³-hybridized carbons (Fsp3) is 0.286. The topological polar surface area (TPSA) is 84.2 Å². The van der Waals surface area contributed by atoms with Crippen LogP contribution in [0.4, 0.5) is 5.69 Å². The molecule has 0 fully saturated rings. The molecular weight excluding hydrogens is 306 g/mol. The Morgan fingerprint density at radius 1 is 1.14 bits per heavy atom. The van der Waals surface area contributed by atoms with Crippen LogP contribution in [0.25, 0.3) is 0 Å². The second-order valence-electron chi connectivity index (χ2n) is 4.92. The minimum absolute atomic E-state index is 0.302. The number of hydrogen-bond acceptors (Lipinski definition) is 5. The van der Waals surface area contributed by atoms with E-state index < -0.39 is 10.0 Å². The summed E-state index contributed by atoms with van der Waals surface area (Å²) in [6.45, 7) is 5.82. The highest BCUT2D eigenvalue weighted by molar-refractivity contribution is 7.89. The molecule has 0 aliphatic heterocycles. The van der Waals surface area contributed by atoms with Crippen molar-refractivity contribution >= 4 is 27.0 Å². The monoisotopic (exact) mass is 325 g/mol. The maximum atomic E-state index is 12.5. The zero-order valence-electron chi connectivity index (χ0n) is 12.2. The van der Waals surface area contributed by atoms with Crippen molar-refractivity contribution in [1.29, 1.82) is 0 Å². The molecule has 21 heavy (non-hydrogen) atoms. The first kappa shape index (κ1) is 16.0. The molecule has 0 saturated carbocycles. The number of hydrazine groups is 1. The van der Waals surface area contributed by atoms with Crippen LogP contribution in [-0.4, -0.2) is 8.42 Å². The van der Waals surface area contributed by atoms with Crippen LogP contribution in [0.2, 0.25) is 0 Å². The number of sulfonamides is 1. The number of nitrogens with one attached hydrogen (secondary N) is 2. The molecule has 0 amide bonds. The zero-order valence-corrected chi connectivity index (χ0v) is 13.9. The summed E-state index contributed by atoms with van der Waals surface area (Å²) in [5, 5.41) is 0. The van der Waals surface area contributed by atoms with Gasteiger partial charge in [0.05, 0.1) is 4.90 Å². The SMILES string of the molecule is Cc1ccc(CNS(=O)(=O)c2c(C)cc(NN)cc2C)s1. The molecule has 0 bridgehead atoms. The molecule has 0 spiro atoms. The lowest BCUT2D eigenvalue weighted by Gasteiger charge is -2.13. The van der Waals surface area contributed by atoms with Crippen molar-refractivity contribution < 1.29 is 8.42 Å². The standard InChI is InChI=1S/C14H19N3O2S2/c1-9-6-12(17-15)7-10(2)14(9)21(18,19)16-8-13-5-4-11(3)20-13/h4-7,16-17H,8,15H2,1-3H3. The predicted molar refractivity (Wildman–Crippen MR) is 86.8 cm³/mol. The molecule has 5 nitrogen and oxygen atoms in total. The van der Waals surface area contributed by atoms with Gasteiger partial charge in [0.25, 0.3) is 0 Å². The van der Waals surface area contributed by atoms with Crippen molar-refractivity contribution in [2.75, 3.05) is 5.43 Å². The summed E-state index contributed by atoms with van der Waals surface area (Å²) in [5.74, 6) is 5.37. The third-order valence-electron chi connectivity index (χ3n) is 3.13. The molecule has 114 valence electrons. The average Bonchev–Trinajstić information content (AvgIpc) is 2.81. The van der Waals surface area contributed by atoms with E-state index in [0.29, 0.717) is 28.3 Å². The number of nitrogens with two attached hydrogens (primary N) is 1. The summed E-state index contributed by atoms with van der Waals surface area (Å²) in [5.41, 5.74) is 4.56. The van der Waals surface area contributed by atoms with E-state index in [0.717, 1.165) is 9.75 Å². The van der Waals surface area contributed by atoms with Gasteiger partial charge >= 0.3 is 0 Å². The lowest BCUT2D eigenvalue weighted by molar-refractivity contribution is 0.580. The van der Waals surface area contributed by atoms with Gasteiger partial charge in [-0.2, -0.15) is 0 Å². The Kier molecular flexibility index (Phi) is 4.67. The second-order valence-corrected chi connectivity index (χ2v) is 8.00. The van der Waals surface area contributed by atoms with E-state index in [9.17, 15) is 8.42 Å². The summed E-state index contributed by atoms with van der Waals surface area (Å²) in [6, 6.07) is 7.35. The van der Waals surface area contributed by atoms with Gasteiger partial charge < -0.3 is 5.43 Å². The summed E-state index contributed by atoms with van der Waals surface area (Å²) in [7, 11) is -3.55. The Morgan fingerprint density at radius 2 is 1.76 bits per heavy atom. The van der Waals surface area contributed by atoms with E-state index in [1.54, 1.807) is 37.3 Å². The van der Waals surface area contributed by atoms with Crippen LogP contribution in [-0.2, 0) is 16.6 Å². The molecule has 1 aromatic carbocycles. The van der Waals surface area contributed by atoms with Crippen LogP contribution in [0.15, 0.2) is 29.2 Å². The highest BCUT2D eigenvalue weighted by atomic mass is 32.2. The van der Waals surface area contributed by atoms with Gasteiger partial charge in [0.2, 0.25) is 10.0 Å². The fourth-order valence-electron chi connectivity index (χ4n) is 2.28. The van der Waals surface area contributed by atoms with Crippen molar-refractivity contribution in [3.63, 3.8) is 0 Å². The molecule has 1 heterocycles. The smallest absolute Gasteiger partial charge is 0.241 e. The van der Waals surface area contributed by atoms with Crippen LogP contribution in [0.5, 0.6) is 0 Å². The molecule has 0 aliphatic rings. The molecule has 2 aromatic rings. The summed E-state index contributed by atoms with van der Waals surface area (Å²) in [4.78, 5) is 2.47. The third kappa shape index (κ3) is 3.62. The number of benzene rings is 1. The molecule has 0 aliphatic carbocycles. The highest BCUT2D eigenvalue weighted by Gasteiger charge is 2.20. The van der Waals surface area contributed by atoms with Crippen LogP contribution < -0.4 is 16.0 Å². The number of nitrogen functional groups attached to an aromatic ring is 1. The van der Waals surface area contributed by atoms with Gasteiger partial charge in [-0.15, -0.1) is 11.3 Å². The second kappa shape index (κ2) is 6.15. The van der Waals surface area contributed by atoms with E-state index in [4.69, 9.17) is 5.84 Å². The minimum Gasteiger partial charge on any atom is -0.324 e. The normalized spacial score (nSPS) is 11.6. The van der Waals surface area contributed by atoms with Crippen LogP contribution in [0.3, 0.4) is 0 Å². The average molecular weight is 325 g/mol. The van der Waals surface area contributed by atoms with Gasteiger partial charge in [-0.3, -0.25) is 5.84 Å². The Balaban J connectivity index is 2.27. The Morgan fingerprint density at radius 3 is 2.24 bits per heavy atom. The zero-order chi connectivity index (χ0) is 15.6. The van der Waals surface area contributed by atoms with Gasteiger partial charge in [0.15, 0.2) is 0 Å². The van der Waals surface area contributed by atoms with Gasteiger partial charge in [-0.05, 0) is 56.2 Å². The fourth-order valence-corrected chi connectivity index (χ4v) is 4.65. The molecule has 1 aromatic heterocycles. The Bertz CT molecular complexity index is 728. The number of thiophene rings is 1. The molecule has 0 radical (unpaired) electrons. The number of hydrogen-bond donors (Lipinski definition) is 3. The van der Waals surface area contributed by atoms with Gasteiger partial charge in [0, 0.05) is 22.0 Å². The first-order chi connectivity index (χ1) is 9.83. The number of anilines is 1. The van der Waals surface area contributed by atoms with Crippen molar-refractivity contribution in [2.24, 2.45) is 5.84 Å². The first-order valence-electron chi connectivity index (χ1n) is 6.46. The Hall–Kier alpha value is -1.41. The van der Waals surface area contributed by atoms with Crippen molar-refractivity contribution in [1.82, 2.24) is 4.72 Å². The number of rotatable bonds is 5. The Labute approximate surface area is 129 Å². The van der Waals surface area contributed by atoms with E-state index >= 15 is 0 Å². The predicted octanol–water partition coefficient (Wildman–Crippen LogP) is 2.44. The molecule has 4 N–H and O–H groups in total.